The molecule has 0 saturated heterocycles. The van der Waals surface area contributed by atoms with Crippen LogP contribution in [0, 0.1) is 0 Å². The lowest BCUT2D eigenvalue weighted by Crippen LogP contribution is -2.16. The van der Waals surface area contributed by atoms with E-state index in [1.807, 2.05) is 43.3 Å². The number of aliphatic carboxylic acids is 1. The number of hydrogen-bond donors (Lipinski definition) is 2. The molecule has 0 atom stereocenters. The molecule has 0 saturated carbocycles. The van der Waals surface area contributed by atoms with Crippen molar-refractivity contribution in [3.63, 3.8) is 0 Å². The number of carboxylic acid groups (broad SMARTS) is 1. The lowest BCUT2D eigenvalue weighted by Gasteiger charge is -2.21. The molecule has 2 N–H and O–H groups in total. The Morgan fingerprint density at radius 2 is 1.80 bits per heavy atom. The fraction of sp³-hybridized carbons (Fsp3) is 0.370. The van der Waals surface area contributed by atoms with Crippen molar-refractivity contribution in [1.29, 1.82) is 0 Å². The second kappa shape index (κ2) is 11.6. The highest BCUT2D eigenvalue weighted by molar-refractivity contribution is 5.72. The molecule has 0 bridgehead atoms. The number of nitrogens with zero attached hydrogens (tertiary/aromatic N) is 2. The number of nitrogens with one attached hydrogen (secondary N) is 1. The molecule has 2 heterocycles. The van der Waals surface area contributed by atoms with Gasteiger partial charge in [-0.05, 0) is 48.6 Å². The fourth-order valence-electron chi connectivity index (χ4n) is 4.16. The summed E-state index contributed by atoms with van der Waals surface area (Å²) in [7, 11) is 0. The van der Waals surface area contributed by atoms with Crippen LogP contribution in [0.25, 0.3) is 11.3 Å². The third kappa shape index (κ3) is 6.20. The van der Waals surface area contributed by atoms with Gasteiger partial charge in [-0.25, -0.2) is 9.97 Å². The molecule has 1 aliphatic rings. The monoisotopic (exact) mass is 477 g/mol. The van der Waals surface area contributed by atoms with Crippen LogP contribution in [0.1, 0.15) is 37.0 Å². The maximum atomic E-state index is 11.2. The van der Waals surface area contributed by atoms with E-state index in [9.17, 15) is 9.90 Å². The number of aryl methyl sites for hydroxylation is 1. The molecule has 2 aromatic carbocycles. The Hall–Kier alpha value is -3.81. The minimum atomic E-state index is -0.825. The van der Waals surface area contributed by atoms with E-state index in [2.05, 4.69) is 22.2 Å². The first-order valence-electron chi connectivity index (χ1n) is 12.0. The van der Waals surface area contributed by atoms with Crippen molar-refractivity contribution in [3.8, 4) is 28.5 Å². The Labute approximate surface area is 205 Å². The predicted octanol–water partition coefficient (Wildman–Crippen LogP) is 4.55. The van der Waals surface area contributed by atoms with Gasteiger partial charge in [-0.15, -0.1) is 0 Å². The molecule has 1 aromatic heterocycles. The summed E-state index contributed by atoms with van der Waals surface area (Å²) in [6.45, 7) is 6.34. The highest BCUT2D eigenvalue weighted by Crippen LogP contribution is 2.37. The van der Waals surface area contributed by atoms with E-state index in [0.717, 1.165) is 64.5 Å². The molecule has 0 spiro atoms. The smallest absolute Gasteiger partial charge is 0.307 e. The SMILES string of the molecule is CCCc1cc(-c2cc(NCCc3cc4c(cc3OCC)OCCO4)ncn2)ccc1CC(=O)O. The van der Waals surface area contributed by atoms with Gasteiger partial charge in [0.1, 0.15) is 31.1 Å². The number of aromatic nitrogens is 2. The standard InChI is InChI=1S/C27H31N3O5/c1-3-5-18-12-20(7-6-19(18)14-27(31)32)22-15-26(30-17-29-22)28-9-8-21-13-24-25(35-11-10-34-24)16-23(21)33-4-2/h6-7,12-13,15-17H,3-5,8-11,14H2,1-2H3,(H,31,32)(H,28,29,30). The fourth-order valence-corrected chi connectivity index (χ4v) is 4.16. The molecule has 3 aromatic rings. The molecule has 0 unspecified atom stereocenters. The number of hydrogen-bond acceptors (Lipinski definition) is 7. The molecular formula is C27H31N3O5. The van der Waals surface area contributed by atoms with Gasteiger partial charge >= 0.3 is 5.97 Å². The van der Waals surface area contributed by atoms with Crippen LogP contribution in [0.2, 0.25) is 0 Å². The number of benzene rings is 2. The normalized spacial score (nSPS) is 12.3. The van der Waals surface area contributed by atoms with Crippen LogP contribution in [0.5, 0.6) is 17.2 Å². The van der Waals surface area contributed by atoms with Crippen molar-refractivity contribution in [1.82, 2.24) is 9.97 Å². The molecule has 8 heteroatoms. The first-order valence-corrected chi connectivity index (χ1v) is 12.0. The Morgan fingerprint density at radius 3 is 2.54 bits per heavy atom. The molecule has 184 valence electrons. The second-order valence-electron chi connectivity index (χ2n) is 8.31. The van der Waals surface area contributed by atoms with Gasteiger partial charge < -0.3 is 24.6 Å². The Kier molecular flexibility index (Phi) is 8.03. The Balaban J connectivity index is 1.47. The minimum absolute atomic E-state index is 0.0236. The number of rotatable bonds is 11. The molecular weight excluding hydrogens is 446 g/mol. The summed E-state index contributed by atoms with van der Waals surface area (Å²) in [5.74, 6) is 2.15. The van der Waals surface area contributed by atoms with Crippen LogP contribution in [0.15, 0.2) is 42.7 Å². The molecule has 0 fully saturated rings. The number of carbonyl (C=O) groups is 1. The van der Waals surface area contributed by atoms with Crippen LogP contribution >= 0.6 is 0 Å². The third-order valence-corrected chi connectivity index (χ3v) is 5.76. The van der Waals surface area contributed by atoms with E-state index in [1.54, 1.807) is 0 Å². The zero-order valence-corrected chi connectivity index (χ0v) is 20.2. The van der Waals surface area contributed by atoms with E-state index in [4.69, 9.17) is 14.2 Å². The van der Waals surface area contributed by atoms with Gasteiger partial charge in [0.15, 0.2) is 11.5 Å². The van der Waals surface area contributed by atoms with Crippen molar-refractivity contribution in [2.24, 2.45) is 0 Å². The first-order chi connectivity index (χ1) is 17.1. The number of anilines is 1. The van der Waals surface area contributed by atoms with Crippen LogP contribution < -0.4 is 19.5 Å². The summed E-state index contributed by atoms with van der Waals surface area (Å²) in [6, 6.07) is 11.7. The zero-order valence-electron chi connectivity index (χ0n) is 20.2. The summed E-state index contributed by atoms with van der Waals surface area (Å²) in [6.07, 6.45) is 4.05. The second-order valence-corrected chi connectivity index (χ2v) is 8.31. The Bertz CT molecular complexity index is 1180. The Morgan fingerprint density at radius 1 is 1.00 bits per heavy atom. The number of carboxylic acids is 1. The number of fused-ring (bicyclic) bond motifs is 1. The topological polar surface area (TPSA) is 103 Å². The highest BCUT2D eigenvalue weighted by atomic mass is 16.6. The van der Waals surface area contributed by atoms with Gasteiger partial charge in [0, 0.05) is 24.2 Å². The molecule has 35 heavy (non-hydrogen) atoms. The van der Waals surface area contributed by atoms with Crippen LogP contribution in [0.3, 0.4) is 0 Å². The first kappa shape index (κ1) is 24.3. The van der Waals surface area contributed by atoms with Gasteiger partial charge in [-0.3, -0.25) is 4.79 Å². The van der Waals surface area contributed by atoms with Gasteiger partial charge in [0.2, 0.25) is 0 Å². The van der Waals surface area contributed by atoms with Crippen molar-refractivity contribution < 1.29 is 24.1 Å². The average molecular weight is 478 g/mol. The quantitative estimate of drug-likeness (QED) is 0.415. The summed E-state index contributed by atoms with van der Waals surface area (Å²) >= 11 is 0. The van der Waals surface area contributed by atoms with Crippen molar-refractivity contribution in [2.75, 3.05) is 31.7 Å². The minimum Gasteiger partial charge on any atom is -0.493 e. The van der Waals surface area contributed by atoms with E-state index in [-0.39, 0.29) is 6.42 Å². The molecule has 0 amide bonds. The molecule has 4 rings (SSSR count). The lowest BCUT2D eigenvalue weighted by atomic mass is 9.97. The van der Waals surface area contributed by atoms with Gasteiger partial charge in [0.05, 0.1) is 18.7 Å². The van der Waals surface area contributed by atoms with E-state index >= 15 is 0 Å². The van der Waals surface area contributed by atoms with Crippen molar-refractivity contribution >= 4 is 11.8 Å². The molecule has 1 aliphatic heterocycles. The van der Waals surface area contributed by atoms with Crippen LogP contribution in [0.4, 0.5) is 5.82 Å². The zero-order chi connectivity index (χ0) is 24.6. The lowest BCUT2D eigenvalue weighted by molar-refractivity contribution is -0.136. The summed E-state index contributed by atoms with van der Waals surface area (Å²) in [5.41, 5.74) is 4.66. The van der Waals surface area contributed by atoms with Crippen molar-refractivity contribution in [2.45, 2.75) is 39.5 Å². The maximum absolute atomic E-state index is 11.2. The summed E-state index contributed by atoms with van der Waals surface area (Å²) in [5, 5.41) is 12.6. The molecule has 0 radical (unpaired) electrons. The number of ether oxygens (including phenoxy) is 3. The van der Waals surface area contributed by atoms with E-state index in [1.165, 1.54) is 6.33 Å². The molecule has 0 aliphatic carbocycles. The van der Waals surface area contributed by atoms with Gasteiger partial charge in [-0.2, -0.15) is 0 Å². The maximum Gasteiger partial charge on any atom is 0.307 e. The van der Waals surface area contributed by atoms with E-state index < -0.39 is 5.97 Å². The average Bonchev–Trinajstić information content (AvgIpc) is 2.85. The third-order valence-electron chi connectivity index (χ3n) is 5.76. The summed E-state index contributed by atoms with van der Waals surface area (Å²) in [4.78, 5) is 20.0. The van der Waals surface area contributed by atoms with Gasteiger partial charge in [-0.1, -0.05) is 25.5 Å². The van der Waals surface area contributed by atoms with Crippen LogP contribution in [-0.2, 0) is 24.1 Å². The van der Waals surface area contributed by atoms with Gasteiger partial charge in [0.25, 0.3) is 0 Å². The van der Waals surface area contributed by atoms with E-state index in [0.29, 0.717) is 32.1 Å². The highest BCUT2D eigenvalue weighted by Gasteiger charge is 2.17. The predicted molar refractivity (Wildman–Crippen MR) is 134 cm³/mol. The van der Waals surface area contributed by atoms with Crippen LogP contribution in [-0.4, -0.2) is 47.4 Å². The molecule has 8 nitrogen and oxygen atoms in total. The van der Waals surface area contributed by atoms with Crippen molar-refractivity contribution in [3.05, 3.63) is 59.4 Å². The largest absolute Gasteiger partial charge is 0.493 e. The summed E-state index contributed by atoms with van der Waals surface area (Å²) < 4.78 is 17.2.